The lowest BCUT2D eigenvalue weighted by Crippen LogP contribution is -2.32. The van der Waals surface area contributed by atoms with Gasteiger partial charge in [-0.3, -0.25) is 4.79 Å². The van der Waals surface area contributed by atoms with Gasteiger partial charge in [-0.05, 0) is 73.9 Å². The van der Waals surface area contributed by atoms with Crippen molar-refractivity contribution >= 4 is 32.7 Å². The molecule has 0 aliphatic rings. The SMILES string of the molecule is Cc1cc(C)c(Cn2c(C(=O)NS(=O)(=O)c3cccc(N)c3)cc3cccnc32)c(C)c1. The molecule has 0 aliphatic carbocycles. The van der Waals surface area contributed by atoms with Crippen LogP contribution in [-0.2, 0) is 16.6 Å². The van der Waals surface area contributed by atoms with E-state index in [1.54, 1.807) is 29.0 Å². The van der Waals surface area contributed by atoms with Crippen LogP contribution in [0.1, 0.15) is 32.7 Å². The minimum Gasteiger partial charge on any atom is -0.399 e. The number of nitrogens with one attached hydrogen (secondary N) is 1. The second-order valence-corrected chi connectivity index (χ2v) is 9.60. The van der Waals surface area contributed by atoms with Gasteiger partial charge < -0.3 is 10.3 Å². The number of carbonyl (C=O) groups excluding carboxylic acids is 1. The van der Waals surface area contributed by atoms with Gasteiger partial charge in [0.2, 0.25) is 0 Å². The quantitative estimate of drug-likeness (QED) is 0.453. The minimum absolute atomic E-state index is 0.0724. The van der Waals surface area contributed by atoms with Gasteiger partial charge in [-0.25, -0.2) is 18.1 Å². The number of sulfonamides is 1. The van der Waals surface area contributed by atoms with Crippen molar-refractivity contribution in [1.82, 2.24) is 14.3 Å². The van der Waals surface area contributed by atoms with E-state index in [4.69, 9.17) is 5.73 Å². The normalized spacial score (nSPS) is 11.6. The van der Waals surface area contributed by atoms with Crippen molar-refractivity contribution in [1.29, 1.82) is 0 Å². The van der Waals surface area contributed by atoms with Crippen molar-refractivity contribution in [3.05, 3.63) is 88.7 Å². The van der Waals surface area contributed by atoms with Crippen molar-refractivity contribution in [3.63, 3.8) is 0 Å². The number of hydrogen-bond donors (Lipinski definition) is 2. The fourth-order valence-corrected chi connectivity index (χ4v) is 4.98. The van der Waals surface area contributed by atoms with Crippen LogP contribution in [0.25, 0.3) is 11.0 Å². The summed E-state index contributed by atoms with van der Waals surface area (Å²) in [4.78, 5) is 17.5. The smallest absolute Gasteiger partial charge is 0.281 e. The van der Waals surface area contributed by atoms with Gasteiger partial charge in [0, 0.05) is 17.3 Å². The molecule has 0 atom stereocenters. The number of nitrogens with two attached hydrogens (primary N) is 1. The molecule has 8 heteroatoms. The molecule has 0 saturated heterocycles. The van der Waals surface area contributed by atoms with Crippen molar-refractivity contribution in [2.24, 2.45) is 0 Å². The van der Waals surface area contributed by atoms with Gasteiger partial charge in [0.05, 0.1) is 11.4 Å². The number of pyridine rings is 1. The molecule has 0 saturated carbocycles. The number of hydrogen-bond acceptors (Lipinski definition) is 5. The maximum atomic E-state index is 13.2. The Hall–Kier alpha value is -3.65. The van der Waals surface area contributed by atoms with E-state index >= 15 is 0 Å². The molecule has 7 nitrogen and oxygen atoms in total. The summed E-state index contributed by atoms with van der Waals surface area (Å²) in [5.74, 6) is -0.729. The third-order valence-electron chi connectivity index (χ3n) is 5.44. The summed E-state index contributed by atoms with van der Waals surface area (Å²) in [7, 11) is -4.09. The first-order valence-electron chi connectivity index (χ1n) is 10.1. The number of benzene rings is 2. The number of anilines is 1. The number of aromatic nitrogens is 2. The Morgan fingerprint density at radius 2 is 1.75 bits per heavy atom. The number of rotatable bonds is 5. The highest BCUT2D eigenvalue weighted by Crippen LogP contribution is 2.24. The maximum Gasteiger partial charge on any atom is 0.281 e. The van der Waals surface area contributed by atoms with Crippen molar-refractivity contribution in [2.75, 3.05) is 5.73 Å². The Morgan fingerprint density at radius 3 is 2.44 bits per heavy atom. The van der Waals surface area contributed by atoms with E-state index in [9.17, 15) is 13.2 Å². The van der Waals surface area contributed by atoms with E-state index in [1.807, 2.05) is 26.8 Å². The van der Waals surface area contributed by atoms with Gasteiger partial charge >= 0.3 is 0 Å². The molecule has 164 valence electrons. The predicted molar refractivity (Wildman–Crippen MR) is 125 cm³/mol. The summed E-state index contributed by atoms with van der Waals surface area (Å²) in [6.45, 7) is 6.48. The maximum absolute atomic E-state index is 13.2. The molecular formula is C24H24N4O3S. The first kappa shape index (κ1) is 21.6. The van der Waals surface area contributed by atoms with Crippen LogP contribution in [0.3, 0.4) is 0 Å². The minimum atomic E-state index is -4.09. The van der Waals surface area contributed by atoms with Crippen LogP contribution in [-0.4, -0.2) is 23.9 Å². The average Bonchev–Trinajstić information content (AvgIpc) is 3.09. The molecule has 3 N–H and O–H groups in total. The Labute approximate surface area is 187 Å². The van der Waals surface area contributed by atoms with Gasteiger partial charge in [0.25, 0.3) is 15.9 Å². The average molecular weight is 449 g/mol. The van der Waals surface area contributed by atoms with Gasteiger partial charge in [-0.2, -0.15) is 0 Å². The fraction of sp³-hybridized carbons (Fsp3) is 0.167. The number of fused-ring (bicyclic) bond motifs is 1. The molecule has 2 aromatic heterocycles. The topological polar surface area (TPSA) is 107 Å². The van der Waals surface area contributed by atoms with E-state index in [0.29, 0.717) is 17.9 Å². The van der Waals surface area contributed by atoms with Crippen molar-refractivity contribution < 1.29 is 13.2 Å². The zero-order valence-electron chi connectivity index (χ0n) is 18.1. The van der Waals surface area contributed by atoms with Crippen LogP contribution >= 0.6 is 0 Å². The summed E-state index contributed by atoms with van der Waals surface area (Å²) < 4.78 is 29.5. The lowest BCUT2D eigenvalue weighted by Gasteiger charge is -2.15. The first-order valence-corrected chi connectivity index (χ1v) is 11.6. The Balaban J connectivity index is 1.77. The molecular weight excluding hydrogens is 424 g/mol. The number of aryl methyl sites for hydroxylation is 3. The molecule has 0 bridgehead atoms. The third kappa shape index (κ3) is 4.09. The molecule has 2 heterocycles. The van der Waals surface area contributed by atoms with Crippen LogP contribution in [0, 0.1) is 20.8 Å². The fourth-order valence-electron chi connectivity index (χ4n) is 3.97. The largest absolute Gasteiger partial charge is 0.399 e. The summed E-state index contributed by atoms with van der Waals surface area (Å²) >= 11 is 0. The van der Waals surface area contributed by atoms with Crippen LogP contribution < -0.4 is 10.5 Å². The van der Waals surface area contributed by atoms with E-state index in [1.165, 1.54) is 18.2 Å². The van der Waals surface area contributed by atoms with E-state index in [2.05, 4.69) is 21.8 Å². The highest BCUT2D eigenvalue weighted by molar-refractivity contribution is 7.90. The standard InChI is InChI=1S/C24H24N4O3S/c1-15-10-16(2)21(17(3)11-15)14-28-22(12-18-6-5-9-26-23(18)28)24(29)27-32(30,31)20-8-4-7-19(25)13-20/h4-13H,14,25H2,1-3H3,(H,27,29). The van der Waals surface area contributed by atoms with Crippen molar-refractivity contribution in [3.8, 4) is 0 Å². The van der Waals surface area contributed by atoms with Crippen LogP contribution in [0.15, 0.2) is 65.7 Å². The molecule has 0 radical (unpaired) electrons. The van der Waals surface area contributed by atoms with E-state index < -0.39 is 15.9 Å². The highest BCUT2D eigenvalue weighted by atomic mass is 32.2. The van der Waals surface area contributed by atoms with Crippen LogP contribution in [0.2, 0.25) is 0 Å². The molecule has 0 unspecified atom stereocenters. The predicted octanol–water partition coefficient (Wildman–Crippen LogP) is 3.71. The zero-order valence-corrected chi connectivity index (χ0v) is 18.9. The van der Waals surface area contributed by atoms with Crippen molar-refractivity contribution in [2.45, 2.75) is 32.2 Å². The molecule has 1 amide bonds. The zero-order chi connectivity index (χ0) is 23.0. The Bertz CT molecular complexity index is 1430. The highest BCUT2D eigenvalue weighted by Gasteiger charge is 2.23. The monoisotopic (exact) mass is 448 g/mol. The molecule has 4 rings (SSSR count). The summed E-state index contributed by atoms with van der Waals surface area (Å²) in [5.41, 5.74) is 11.2. The van der Waals surface area contributed by atoms with Gasteiger partial charge in [0.15, 0.2) is 0 Å². The summed E-state index contributed by atoms with van der Waals surface area (Å²) in [6, 6.07) is 15.3. The van der Waals surface area contributed by atoms with Gasteiger partial charge in [-0.1, -0.05) is 23.8 Å². The third-order valence-corrected chi connectivity index (χ3v) is 6.77. The van der Waals surface area contributed by atoms with Crippen LogP contribution in [0.5, 0.6) is 0 Å². The second-order valence-electron chi connectivity index (χ2n) is 7.92. The lowest BCUT2D eigenvalue weighted by atomic mass is 10.00. The second kappa shape index (κ2) is 8.12. The summed E-state index contributed by atoms with van der Waals surface area (Å²) in [5, 5.41) is 0.751. The van der Waals surface area contributed by atoms with E-state index in [0.717, 1.165) is 27.6 Å². The molecule has 2 aromatic carbocycles. The molecule has 0 aliphatic heterocycles. The molecule has 32 heavy (non-hydrogen) atoms. The lowest BCUT2D eigenvalue weighted by molar-refractivity contribution is 0.0973. The first-order chi connectivity index (χ1) is 15.2. The number of nitrogen functional groups attached to an aromatic ring is 1. The molecule has 0 fully saturated rings. The van der Waals surface area contributed by atoms with Crippen LogP contribution in [0.4, 0.5) is 5.69 Å². The number of nitrogens with zero attached hydrogens (tertiary/aromatic N) is 2. The Morgan fingerprint density at radius 1 is 1.03 bits per heavy atom. The number of carbonyl (C=O) groups is 1. The summed E-state index contributed by atoms with van der Waals surface area (Å²) in [6.07, 6.45) is 1.65. The Kier molecular flexibility index (Phi) is 5.48. The molecule has 4 aromatic rings. The number of amides is 1. The van der Waals surface area contributed by atoms with Gasteiger partial charge in [-0.15, -0.1) is 0 Å². The van der Waals surface area contributed by atoms with E-state index in [-0.39, 0.29) is 10.6 Å². The molecule has 0 spiro atoms. The van der Waals surface area contributed by atoms with Gasteiger partial charge in [0.1, 0.15) is 11.3 Å².